The zero-order valence-corrected chi connectivity index (χ0v) is 10.3. The number of hydrogen-bond acceptors (Lipinski definition) is 3. The van der Waals surface area contributed by atoms with E-state index in [1.807, 2.05) is 0 Å². The Morgan fingerprint density at radius 1 is 1.28 bits per heavy atom. The highest BCUT2D eigenvalue weighted by Crippen LogP contribution is 2.12. The Hall–Kier alpha value is -1.86. The molecule has 0 aromatic heterocycles. The summed E-state index contributed by atoms with van der Waals surface area (Å²) in [5.74, 6) is 0.0154. The first-order chi connectivity index (χ1) is 8.79. The summed E-state index contributed by atoms with van der Waals surface area (Å²) in [7, 11) is 0. The second-order valence-electron chi connectivity index (χ2n) is 4.53. The summed E-state index contributed by atoms with van der Waals surface area (Å²) >= 11 is 0. The summed E-state index contributed by atoms with van der Waals surface area (Å²) in [4.78, 5) is 12.0. The number of hydrogen-bond donors (Lipinski definition) is 2. The lowest BCUT2D eigenvalue weighted by molar-refractivity contribution is -0.118. The minimum Gasteiger partial charge on any atom is -0.325 e. The third-order valence-electron chi connectivity index (χ3n) is 3.16. The highest BCUT2D eigenvalue weighted by Gasteiger charge is 2.19. The van der Waals surface area contributed by atoms with E-state index in [2.05, 4.69) is 16.7 Å². The van der Waals surface area contributed by atoms with Crippen LogP contribution in [0.2, 0.25) is 0 Å². The van der Waals surface area contributed by atoms with E-state index >= 15 is 0 Å². The zero-order chi connectivity index (χ0) is 12.8. The zero-order valence-electron chi connectivity index (χ0n) is 10.3. The van der Waals surface area contributed by atoms with Crippen LogP contribution in [0.3, 0.4) is 0 Å². The molecule has 1 unspecified atom stereocenters. The molecule has 0 aliphatic carbocycles. The van der Waals surface area contributed by atoms with Gasteiger partial charge in [0, 0.05) is 5.69 Å². The Morgan fingerprint density at radius 2 is 2.06 bits per heavy atom. The summed E-state index contributed by atoms with van der Waals surface area (Å²) in [5.41, 5.74) is 1.34. The summed E-state index contributed by atoms with van der Waals surface area (Å²) in [6.45, 7) is 0.908. The van der Waals surface area contributed by atoms with Gasteiger partial charge in [0.2, 0.25) is 5.91 Å². The minimum absolute atomic E-state index is 0.0154. The van der Waals surface area contributed by atoms with Crippen molar-refractivity contribution in [1.29, 1.82) is 5.26 Å². The van der Waals surface area contributed by atoms with Crippen molar-refractivity contribution in [3.05, 3.63) is 29.8 Å². The number of nitriles is 1. The number of nitrogens with one attached hydrogen (secondary N) is 2. The van der Waals surface area contributed by atoms with Crippen molar-refractivity contribution in [3.8, 4) is 6.07 Å². The largest absolute Gasteiger partial charge is 0.325 e. The van der Waals surface area contributed by atoms with Crippen LogP contribution in [0, 0.1) is 11.3 Å². The van der Waals surface area contributed by atoms with Gasteiger partial charge in [-0.25, -0.2) is 0 Å². The van der Waals surface area contributed by atoms with E-state index in [9.17, 15) is 4.79 Å². The van der Waals surface area contributed by atoms with Gasteiger partial charge in [-0.1, -0.05) is 12.8 Å². The van der Waals surface area contributed by atoms with E-state index in [1.165, 1.54) is 6.42 Å². The van der Waals surface area contributed by atoms with Gasteiger partial charge >= 0.3 is 0 Å². The molecule has 1 aromatic rings. The van der Waals surface area contributed by atoms with Crippen LogP contribution < -0.4 is 10.6 Å². The quantitative estimate of drug-likeness (QED) is 0.835. The molecule has 1 amide bonds. The molecule has 0 bridgehead atoms. The van der Waals surface area contributed by atoms with Gasteiger partial charge in [0.25, 0.3) is 0 Å². The van der Waals surface area contributed by atoms with Crippen LogP contribution in [-0.4, -0.2) is 18.5 Å². The minimum atomic E-state index is -0.0943. The van der Waals surface area contributed by atoms with Gasteiger partial charge in [0.15, 0.2) is 0 Å². The monoisotopic (exact) mass is 243 g/mol. The third kappa shape index (κ3) is 3.31. The number of carbonyl (C=O) groups excluding carboxylic acids is 1. The molecular weight excluding hydrogens is 226 g/mol. The van der Waals surface area contributed by atoms with E-state index < -0.39 is 0 Å². The van der Waals surface area contributed by atoms with Crippen molar-refractivity contribution >= 4 is 11.6 Å². The highest BCUT2D eigenvalue weighted by atomic mass is 16.2. The number of anilines is 1. The van der Waals surface area contributed by atoms with Gasteiger partial charge in [0.1, 0.15) is 0 Å². The Balaban J connectivity index is 1.95. The van der Waals surface area contributed by atoms with Crippen LogP contribution in [0.5, 0.6) is 0 Å². The molecule has 2 N–H and O–H groups in total. The molecule has 94 valence electrons. The van der Waals surface area contributed by atoms with Crippen molar-refractivity contribution in [3.63, 3.8) is 0 Å². The lowest BCUT2D eigenvalue weighted by Gasteiger charge is -2.15. The standard InChI is InChI=1S/C14H17N3O/c15-10-11-5-7-12(8-6-11)17-14(18)13-4-2-1-3-9-16-13/h5-8,13,16H,1-4,9H2,(H,17,18). The Kier molecular flexibility index (Phi) is 4.32. The maximum absolute atomic E-state index is 12.0. The Bertz CT molecular complexity index is 439. The molecule has 4 nitrogen and oxygen atoms in total. The number of benzene rings is 1. The third-order valence-corrected chi connectivity index (χ3v) is 3.16. The van der Waals surface area contributed by atoms with Crippen LogP contribution in [0.4, 0.5) is 5.69 Å². The topological polar surface area (TPSA) is 64.9 Å². The first-order valence-corrected chi connectivity index (χ1v) is 6.34. The van der Waals surface area contributed by atoms with Crippen molar-refractivity contribution in [1.82, 2.24) is 5.32 Å². The Labute approximate surface area is 107 Å². The van der Waals surface area contributed by atoms with Gasteiger partial charge in [0.05, 0.1) is 17.7 Å². The van der Waals surface area contributed by atoms with Crippen molar-refractivity contribution in [2.45, 2.75) is 31.7 Å². The van der Waals surface area contributed by atoms with Crippen LogP contribution in [-0.2, 0) is 4.79 Å². The Morgan fingerprint density at radius 3 is 2.78 bits per heavy atom. The van der Waals surface area contributed by atoms with Gasteiger partial charge < -0.3 is 10.6 Å². The predicted molar refractivity (Wildman–Crippen MR) is 70.0 cm³/mol. The molecule has 0 saturated carbocycles. The molecule has 1 atom stereocenters. The number of amides is 1. The van der Waals surface area contributed by atoms with E-state index in [0.29, 0.717) is 5.56 Å². The van der Waals surface area contributed by atoms with Crippen molar-refractivity contribution in [2.75, 3.05) is 11.9 Å². The molecule has 1 fully saturated rings. The second-order valence-corrected chi connectivity index (χ2v) is 4.53. The molecule has 1 aliphatic rings. The maximum Gasteiger partial charge on any atom is 0.241 e. The molecule has 2 rings (SSSR count). The predicted octanol–water partition coefficient (Wildman–Crippen LogP) is 2.03. The number of carbonyl (C=O) groups is 1. The van der Waals surface area contributed by atoms with Crippen LogP contribution >= 0.6 is 0 Å². The summed E-state index contributed by atoms with van der Waals surface area (Å²) in [6.07, 6.45) is 4.31. The van der Waals surface area contributed by atoms with Crippen LogP contribution in [0.25, 0.3) is 0 Å². The maximum atomic E-state index is 12.0. The molecular formula is C14H17N3O. The van der Waals surface area contributed by atoms with Crippen LogP contribution in [0.1, 0.15) is 31.2 Å². The molecule has 18 heavy (non-hydrogen) atoms. The van der Waals surface area contributed by atoms with E-state index in [-0.39, 0.29) is 11.9 Å². The summed E-state index contributed by atoms with van der Waals surface area (Å²) in [6, 6.07) is 8.88. The lowest BCUT2D eigenvalue weighted by atomic mass is 10.1. The molecule has 1 heterocycles. The van der Waals surface area contributed by atoms with Gasteiger partial charge in [-0.05, 0) is 43.7 Å². The molecule has 0 spiro atoms. The van der Waals surface area contributed by atoms with E-state index in [0.717, 1.165) is 31.5 Å². The summed E-state index contributed by atoms with van der Waals surface area (Å²) in [5, 5.41) is 14.8. The lowest BCUT2D eigenvalue weighted by Crippen LogP contribution is -2.39. The summed E-state index contributed by atoms with van der Waals surface area (Å²) < 4.78 is 0. The van der Waals surface area contributed by atoms with Crippen molar-refractivity contribution in [2.24, 2.45) is 0 Å². The van der Waals surface area contributed by atoms with E-state index in [1.54, 1.807) is 24.3 Å². The average Bonchev–Trinajstić information content (AvgIpc) is 2.68. The fraction of sp³-hybridized carbons (Fsp3) is 0.429. The number of rotatable bonds is 2. The van der Waals surface area contributed by atoms with Crippen molar-refractivity contribution < 1.29 is 4.79 Å². The molecule has 1 aliphatic heterocycles. The van der Waals surface area contributed by atoms with Gasteiger partial charge in [-0.2, -0.15) is 5.26 Å². The molecule has 1 aromatic carbocycles. The number of nitrogens with zero attached hydrogens (tertiary/aromatic N) is 1. The highest BCUT2D eigenvalue weighted by molar-refractivity contribution is 5.94. The molecule has 0 radical (unpaired) electrons. The fourth-order valence-electron chi connectivity index (χ4n) is 2.11. The normalized spacial score (nSPS) is 19.6. The molecule has 4 heteroatoms. The van der Waals surface area contributed by atoms with Crippen LogP contribution in [0.15, 0.2) is 24.3 Å². The van der Waals surface area contributed by atoms with Gasteiger partial charge in [-0.15, -0.1) is 0 Å². The average molecular weight is 243 g/mol. The smallest absolute Gasteiger partial charge is 0.241 e. The first-order valence-electron chi connectivity index (χ1n) is 6.34. The van der Waals surface area contributed by atoms with E-state index in [4.69, 9.17) is 5.26 Å². The van der Waals surface area contributed by atoms with Gasteiger partial charge in [-0.3, -0.25) is 4.79 Å². The fourth-order valence-corrected chi connectivity index (χ4v) is 2.11. The second kappa shape index (κ2) is 6.18. The first kappa shape index (κ1) is 12.6. The SMILES string of the molecule is N#Cc1ccc(NC(=O)C2CCCCCN2)cc1. The molecule has 1 saturated heterocycles.